The number of phenols is 1. The quantitative estimate of drug-likeness (QED) is 0.866. The van der Waals surface area contributed by atoms with Gasteiger partial charge in [0.25, 0.3) is 0 Å². The van der Waals surface area contributed by atoms with Gasteiger partial charge in [0.15, 0.2) is 0 Å². The molecule has 0 saturated heterocycles. The number of benzene rings is 2. The second-order valence-corrected chi connectivity index (χ2v) is 5.34. The van der Waals surface area contributed by atoms with E-state index in [2.05, 4.69) is 54.4 Å². The number of phenolic OH excluding ortho intramolecular Hbond substituents is 1. The van der Waals surface area contributed by atoms with Gasteiger partial charge in [0, 0.05) is 35.6 Å². The van der Waals surface area contributed by atoms with Gasteiger partial charge in [-0.15, -0.1) is 0 Å². The molecule has 0 bridgehead atoms. The second-order valence-electron chi connectivity index (χ2n) is 5.34. The lowest BCUT2D eigenvalue weighted by atomic mass is 10.1. The Bertz CT molecular complexity index is 610. The van der Waals surface area contributed by atoms with E-state index in [1.807, 2.05) is 26.1 Å². The summed E-state index contributed by atoms with van der Waals surface area (Å²) >= 11 is 0. The van der Waals surface area contributed by atoms with Crippen LogP contribution < -0.4 is 10.2 Å². The number of rotatable bonds is 5. The first kappa shape index (κ1) is 15.4. The molecule has 0 heterocycles. The molecule has 21 heavy (non-hydrogen) atoms. The molecular weight excluding hydrogens is 260 g/mol. The van der Waals surface area contributed by atoms with Crippen molar-refractivity contribution in [3.05, 3.63) is 53.6 Å². The maximum Gasteiger partial charge on any atom is 0.122 e. The van der Waals surface area contributed by atoms with Gasteiger partial charge in [0.05, 0.1) is 0 Å². The number of hydrogen-bond donors (Lipinski definition) is 2. The van der Waals surface area contributed by atoms with Crippen molar-refractivity contribution in [2.45, 2.75) is 26.8 Å². The summed E-state index contributed by atoms with van der Waals surface area (Å²) in [4.78, 5) is 2.19. The molecule has 0 saturated carbocycles. The molecule has 2 rings (SSSR count). The van der Waals surface area contributed by atoms with E-state index in [-0.39, 0.29) is 6.04 Å². The highest BCUT2D eigenvalue weighted by atomic mass is 16.3. The van der Waals surface area contributed by atoms with Gasteiger partial charge < -0.3 is 15.3 Å². The fraction of sp³-hybridized carbons (Fsp3) is 0.333. The van der Waals surface area contributed by atoms with Crippen LogP contribution in [-0.4, -0.2) is 18.7 Å². The number of nitrogens with one attached hydrogen (secondary N) is 1. The van der Waals surface area contributed by atoms with Crippen molar-refractivity contribution in [2.75, 3.05) is 18.5 Å². The van der Waals surface area contributed by atoms with E-state index in [0.717, 1.165) is 23.5 Å². The van der Waals surface area contributed by atoms with Gasteiger partial charge in [0.1, 0.15) is 5.75 Å². The summed E-state index contributed by atoms with van der Waals surface area (Å²) in [6.45, 7) is 7.09. The molecule has 1 unspecified atom stereocenters. The van der Waals surface area contributed by atoms with Crippen LogP contribution in [0.2, 0.25) is 0 Å². The van der Waals surface area contributed by atoms with Gasteiger partial charge in [-0.2, -0.15) is 0 Å². The Morgan fingerprint density at radius 2 is 1.86 bits per heavy atom. The number of aromatic hydroxyl groups is 1. The fourth-order valence-electron chi connectivity index (χ4n) is 2.53. The molecule has 0 radical (unpaired) electrons. The SMILES string of the molecule is CCN(c1cccc(C)c1)c1ccc(C(C)NC)c(O)c1. The normalized spacial score (nSPS) is 12.2. The second kappa shape index (κ2) is 6.64. The Morgan fingerprint density at radius 3 is 2.43 bits per heavy atom. The largest absolute Gasteiger partial charge is 0.508 e. The lowest BCUT2D eigenvalue weighted by Crippen LogP contribution is -2.17. The topological polar surface area (TPSA) is 35.5 Å². The zero-order valence-corrected chi connectivity index (χ0v) is 13.2. The Hall–Kier alpha value is -2.00. The molecular formula is C18H24N2O. The number of nitrogens with zero attached hydrogens (tertiary/aromatic N) is 1. The van der Waals surface area contributed by atoms with Gasteiger partial charge in [-0.1, -0.05) is 18.2 Å². The maximum atomic E-state index is 10.3. The van der Waals surface area contributed by atoms with Gasteiger partial charge in [-0.05, 0) is 51.6 Å². The first-order valence-corrected chi connectivity index (χ1v) is 7.41. The third-order valence-corrected chi connectivity index (χ3v) is 3.85. The van der Waals surface area contributed by atoms with Crippen LogP contribution in [0.3, 0.4) is 0 Å². The van der Waals surface area contributed by atoms with Crippen LogP contribution in [0.15, 0.2) is 42.5 Å². The summed E-state index contributed by atoms with van der Waals surface area (Å²) < 4.78 is 0. The Kier molecular flexibility index (Phi) is 4.86. The van der Waals surface area contributed by atoms with Gasteiger partial charge in [-0.3, -0.25) is 0 Å². The summed E-state index contributed by atoms with van der Waals surface area (Å²) in [5, 5.41) is 13.4. The molecule has 1 atom stereocenters. The smallest absolute Gasteiger partial charge is 0.122 e. The molecule has 0 aliphatic carbocycles. The van der Waals surface area contributed by atoms with Gasteiger partial charge in [0.2, 0.25) is 0 Å². The third-order valence-electron chi connectivity index (χ3n) is 3.85. The van der Waals surface area contributed by atoms with Crippen molar-refractivity contribution < 1.29 is 5.11 Å². The van der Waals surface area contributed by atoms with Gasteiger partial charge >= 0.3 is 0 Å². The van der Waals surface area contributed by atoms with Crippen LogP contribution in [0.1, 0.15) is 31.0 Å². The summed E-state index contributed by atoms with van der Waals surface area (Å²) in [7, 11) is 1.89. The molecule has 0 aliphatic rings. The maximum absolute atomic E-state index is 10.3. The van der Waals surface area contributed by atoms with E-state index in [1.54, 1.807) is 0 Å². The zero-order valence-electron chi connectivity index (χ0n) is 13.2. The minimum absolute atomic E-state index is 0.132. The molecule has 112 valence electrons. The lowest BCUT2D eigenvalue weighted by Gasteiger charge is -2.25. The van der Waals surface area contributed by atoms with Crippen LogP contribution in [0, 0.1) is 6.92 Å². The van der Waals surface area contributed by atoms with E-state index in [0.29, 0.717) is 5.75 Å². The Morgan fingerprint density at radius 1 is 1.14 bits per heavy atom. The molecule has 0 spiro atoms. The molecule has 3 nitrogen and oxygen atoms in total. The van der Waals surface area contributed by atoms with Gasteiger partial charge in [-0.25, -0.2) is 0 Å². The van der Waals surface area contributed by atoms with Crippen LogP contribution >= 0.6 is 0 Å². The standard InChI is InChI=1S/C18H24N2O/c1-5-20(15-8-6-7-13(2)11-15)16-9-10-17(14(3)19-4)18(21)12-16/h6-12,14,19,21H,5H2,1-4H3. The number of hydrogen-bond acceptors (Lipinski definition) is 3. The van der Waals surface area contributed by atoms with Crippen molar-refractivity contribution in [1.29, 1.82) is 0 Å². The Labute approximate surface area is 127 Å². The fourth-order valence-corrected chi connectivity index (χ4v) is 2.53. The van der Waals surface area contributed by atoms with Crippen LogP contribution in [0.4, 0.5) is 11.4 Å². The summed E-state index contributed by atoms with van der Waals surface area (Å²) in [5.74, 6) is 0.334. The van der Waals surface area contributed by atoms with Crippen molar-refractivity contribution in [3.63, 3.8) is 0 Å². The molecule has 3 heteroatoms. The van der Waals surface area contributed by atoms with E-state index < -0.39 is 0 Å². The highest BCUT2D eigenvalue weighted by Gasteiger charge is 2.13. The van der Waals surface area contributed by atoms with Crippen LogP contribution in [-0.2, 0) is 0 Å². The molecule has 0 fully saturated rings. The van der Waals surface area contributed by atoms with E-state index in [4.69, 9.17) is 0 Å². The van der Waals surface area contributed by atoms with Crippen molar-refractivity contribution in [1.82, 2.24) is 5.32 Å². The summed E-state index contributed by atoms with van der Waals surface area (Å²) in [6, 6.07) is 14.4. The molecule has 0 aromatic heterocycles. The first-order chi connectivity index (χ1) is 10.1. The van der Waals surface area contributed by atoms with E-state index in [1.165, 1.54) is 5.56 Å². The minimum Gasteiger partial charge on any atom is -0.508 e. The molecule has 2 aromatic rings. The Balaban J connectivity index is 2.37. The van der Waals surface area contributed by atoms with Crippen LogP contribution in [0.25, 0.3) is 0 Å². The predicted octanol–water partition coefficient (Wildman–Crippen LogP) is 4.14. The third kappa shape index (κ3) is 3.37. The van der Waals surface area contributed by atoms with Crippen molar-refractivity contribution >= 4 is 11.4 Å². The van der Waals surface area contributed by atoms with Crippen LogP contribution in [0.5, 0.6) is 5.75 Å². The first-order valence-electron chi connectivity index (χ1n) is 7.41. The van der Waals surface area contributed by atoms with E-state index in [9.17, 15) is 5.11 Å². The lowest BCUT2D eigenvalue weighted by molar-refractivity contribution is 0.458. The minimum atomic E-state index is 0.132. The summed E-state index contributed by atoms with van der Waals surface area (Å²) in [5.41, 5.74) is 4.30. The van der Waals surface area contributed by atoms with Crippen molar-refractivity contribution in [2.24, 2.45) is 0 Å². The molecule has 2 aromatic carbocycles. The monoisotopic (exact) mass is 284 g/mol. The van der Waals surface area contributed by atoms with E-state index >= 15 is 0 Å². The highest BCUT2D eigenvalue weighted by molar-refractivity contribution is 5.66. The predicted molar refractivity (Wildman–Crippen MR) is 89.4 cm³/mol. The van der Waals surface area contributed by atoms with Crippen molar-refractivity contribution in [3.8, 4) is 5.75 Å². The summed E-state index contributed by atoms with van der Waals surface area (Å²) in [6.07, 6.45) is 0. The molecule has 0 aliphatic heterocycles. The number of aryl methyl sites for hydroxylation is 1. The number of anilines is 2. The highest BCUT2D eigenvalue weighted by Crippen LogP contribution is 2.32. The molecule has 0 amide bonds. The average molecular weight is 284 g/mol. The zero-order chi connectivity index (χ0) is 15.4. The molecule has 2 N–H and O–H groups in total. The average Bonchev–Trinajstić information content (AvgIpc) is 2.47.